The quantitative estimate of drug-likeness (QED) is 0.356. The predicted octanol–water partition coefficient (Wildman–Crippen LogP) is 3.68. The molecule has 1 N–H and O–H groups in total. The van der Waals surface area contributed by atoms with E-state index in [0.29, 0.717) is 5.56 Å². The standard InChI is InChI=1S/C16H24N3O5P/c1-11-7-9-12(10-8-11)13(18-15(20)24-16(2,3)4)14(19-17)25(21,22-5)23-6/h7-10,13H,1-6H3,(H,18,20)/t13-/m1/s1. The molecule has 0 saturated carbocycles. The van der Waals surface area contributed by atoms with E-state index in [1.807, 2.05) is 6.92 Å². The molecule has 0 heterocycles. The number of ether oxygens (including phenoxy) is 1. The van der Waals surface area contributed by atoms with Crippen molar-refractivity contribution in [1.82, 2.24) is 5.32 Å². The van der Waals surface area contributed by atoms with E-state index in [2.05, 4.69) is 10.1 Å². The van der Waals surface area contributed by atoms with Crippen molar-refractivity contribution in [2.45, 2.75) is 39.3 Å². The van der Waals surface area contributed by atoms with E-state index < -0.39 is 25.3 Å². The smallest absolute Gasteiger partial charge is 0.439 e. The molecule has 0 bridgehead atoms. The Hall–Kier alpha value is -1.98. The minimum atomic E-state index is -3.90. The summed E-state index contributed by atoms with van der Waals surface area (Å²) in [7, 11) is -1.58. The number of amides is 1. The molecule has 0 aromatic heterocycles. The van der Waals surface area contributed by atoms with Gasteiger partial charge in [0.25, 0.3) is 0 Å². The zero-order valence-electron chi connectivity index (χ0n) is 15.3. The highest BCUT2D eigenvalue weighted by Gasteiger charge is 2.46. The van der Waals surface area contributed by atoms with Crippen molar-refractivity contribution in [1.29, 1.82) is 0 Å². The van der Waals surface area contributed by atoms with Crippen LogP contribution in [0.25, 0.3) is 5.53 Å². The van der Waals surface area contributed by atoms with Crippen molar-refractivity contribution >= 4 is 19.1 Å². The van der Waals surface area contributed by atoms with Crippen LogP contribution in [0.5, 0.6) is 0 Å². The van der Waals surface area contributed by atoms with Gasteiger partial charge in [-0.05, 0) is 33.3 Å². The lowest BCUT2D eigenvalue weighted by molar-refractivity contribution is -0.00973. The SMILES string of the molecule is COP(=O)(OC)C(=[N+]=[N-])[C@H](NC(=O)OC(C)(C)C)c1ccc(C)cc1. The summed E-state index contributed by atoms with van der Waals surface area (Å²) in [6, 6.07) is 5.96. The molecule has 0 fully saturated rings. The molecule has 0 aliphatic carbocycles. The summed E-state index contributed by atoms with van der Waals surface area (Å²) < 4.78 is 27.7. The molecule has 1 aromatic carbocycles. The Morgan fingerprint density at radius 3 is 2.12 bits per heavy atom. The fourth-order valence-electron chi connectivity index (χ4n) is 2.01. The van der Waals surface area contributed by atoms with Crippen LogP contribution in [0.2, 0.25) is 0 Å². The number of hydrogen-bond donors (Lipinski definition) is 1. The molecule has 8 nitrogen and oxygen atoms in total. The highest BCUT2D eigenvalue weighted by atomic mass is 31.2. The zero-order valence-corrected chi connectivity index (χ0v) is 16.2. The molecule has 1 aromatic rings. The number of nitrogens with one attached hydrogen (secondary N) is 1. The van der Waals surface area contributed by atoms with Crippen LogP contribution in [0.4, 0.5) is 4.79 Å². The number of nitrogens with zero attached hydrogens (tertiary/aromatic N) is 2. The minimum Gasteiger partial charge on any atom is -0.444 e. The molecule has 0 saturated heterocycles. The Balaban J connectivity index is 3.32. The maximum atomic E-state index is 12.7. The number of hydrogen-bond acceptors (Lipinski definition) is 5. The maximum absolute atomic E-state index is 12.7. The molecule has 0 aliphatic heterocycles. The summed E-state index contributed by atoms with van der Waals surface area (Å²) in [5, 5.41) is 2.55. The van der Waals surface area contributed by atoms with Crippen molar-refractivity contribution in [2.24, 2.45) is 0 Å². The number of aryl methyl sites for hydroxylation is 1. The molecule has 0 aliphatic rings. The molecule has 0 spiro atoms. The van der Waals surface area contributed by atoms with E-state index in [0.717, 1.165) is 19.8 Å². The van der Waals surface area contributed by atoms with E-state index >= 15 is 0 Å². The van der Waals surface area contributed by atoms with Gasteiger partial charge in [0.1, 0.15) is 5.60 Å². The fraction of sp³-hybridized carbons (Fsp3) is 0.500. The van der Waals surface area contributed by atoms with Crippen LogP contribution in [-0.2, 0) is 18.3 Å². The second-order valence-corrected chi connectivity index (χ2v) is 8.49. The van der Waals surface area contributed by atoms with Crippen LogP contribution in [0.1, 0.15) is 37.9 Å². The highest BCUT2D eigenvalue weighted by molar-refractivity contribution is 7.72. The summed E-state index contributed by atoms with van der Waals surface area (Å²) in [6.45, 7) is 7.04. The highest BCUT2D eigenvalue weighted by Crippen LogP contribution is 2.50. The first-order valence-corrected chi connectivity index (χ1v) is 9.10. The molecule has 1 rings (SSSR count). The van der Waals surface area contributed by atoms with Crippen molar-refractivity contribution < 1.29 is 27.9 Å². The number of alkyl carbamates (subject to hydrolysis) is 1. The van der Waals surface area contributed by atoms with Gasteiger partial charge in [-0.3, -0.25) is 0 Å². The van der Waals surface area contributed by atoms with Crippen LogP contribution in [-0.4, -0.2) is 36.2 Å². The molecule has 1 amide bonds. The summed E-state index contributed by atoms with van der Waals surface area (Å²) in [6.07, 6.45) is -0.766. The second kappa shape index (κ2) is 8.41. The predicted molar refractivity (Wildman–Crippen MR) is 93.5 cm³/mol. The molecule has 25 heavy (non-hydrogen) atoms. The molecule has 138 valence electrons. The Labute approximate surface area is 147 Å². The van der Waals surface area contributed by atoms with Crippen molar-refractivity contribution in [2.75, 3.05) is 14.2 Å². The van der Waals surface area contributed by atoms with Crippen LogP contribution in [0.3, 0.4) is 0 Å². The Morgan fingerprint density at radius 1 is 1.20 bits per heavy atom. The molecule has 9 heteroatoms. The van der Waals surface area contributed by atoms with E-state index in [9.17, 15) is 14.9 Å². The number of carbonyl (C=O) groups excluding carboxylic acids is 1. The Morgan fingerprint density at radius 2 is 1.72 bits per heavy atom. The lowest BCUT2D eigenvalue weighted by atomic mass is 10.1. The van der Waals surface area contributed by atoms with Gasteiger partial charge in [-0.1, -0.05) is 29.8 Å². The lowest BCUT2D eigenvalue weighted by Crippen LogP contribution is -2.38. The molecular formula is C16H24N3O5P. The van der Waals surface area contributed by atoms with Crippen LogP contribution < -0.4 is 5.32 Å². The summed E-state index contributed by atoms with van der Waals surface area (Å²) >= 11 is 0. The van der Waals surface area contributed by atoms with Gasteiger partial charge in [0.15, 0.2) is 6.04 Å². The van der Waals surface area contributed by atoms with Gasteiger partial charge < -0.3 is 24.6 Å². The van der Waals surface area contributed by atoms with Crippen LogP contribution in [0, 0.1) is 6.92 Å². The molecule has 0 radical (unpaired) electrons. The Kier molecular flexibility index (Phi) is 7.08. The van der Waals surface area contributed by atoms with Gasteiger partial charge in [-0.2, -0.15) is 4.79 Å². The normalized spacial score (nSPS) is 12.9. The Bertz CT molecular complexity index is 697. The van der Waals surface area contributed by atoms with Gasteiger partial charge in [-0.25, -0.2) is 9.36 Å². The fourth-order valence-corrected chi connectivity index (χ4v) is 3.18. The number of benzene rings is 1. The first kappa shape index (κ1) is 21.1. The molecule has 1 atom stereocenters. The largest absolute Gasteiger partial charge is 0.444 e. The first-order chi connectivity index (χ1) is 11.6. The van der Waals surface area contributed by atoms with Gasteiger partial charge in [-0.15, -0.1) is 0 Å². The van der Waals surface area contributed by atoms with Gasteiger partial charge in [0, 0.05) is 14.2 Å². The number of rotatable bonds is 6. The topological polar surface area (TPSA) is 110 Å². The average Bonchev–Trinajstić information content (AvgIpc) is 2.53. The van der Waals surface area contributed by atoms with E-state index in [4.69, 9.17) is 13.8 Å². The van der Waals surface area contributed by atoms with Crippen molar-refractivity contribution in [3.05, 3.63) is 40.9 Å². The maximum Gasteiger partial charge on any atom is 0.439 e. The van der Waals surface area contributed by atoms with E-state index in [1.165, 1.54) is 0 Å². The monoisotopic (exact) mass is 369 g/mol. The molecule has 0 unspecified atom stereocenters. The summed E-state index contributed by atoms with van der Waals surface area (Å²) in [5.41, 5.74) is 9.85. The van der Waals surface area contributed by atoms with Crippen molar-refractivity contribution in [3.8, 4) is 0 Å². The average molecular weight is 369 g/mol. The molecular weight excluding hydrogens is 345 g/mol. The lowest BCUT2D eigenvalue weighted by Gasteiger charge is -2.23. The zero-order chi connectivity index (χ0) is 19.3. The van der Waals surface area contributed by atoms with Crippen LogP contribution in [0.15, 0.2) is 24.3 Å². The third kappa shape index (κ3) is 5.80. The van der Waals surface area contributed by atoms with Gasteiger partial charge >= 0.3 is 19.1 Å². The van der Waals surface area contributed by atoms with Crippen LogP contribution >= 0.6 is 7.60 Å². The first-order valence-electron chi connectivity index (χ1n) is 7.56. The van der Waals surface area contributed by atoms with E-state index in [-0.39, 0.29) is 5.45 Å². The third-order valence-corrected chi connectivity index (χ3v) is 5.06. The van der Waals surface area contributed by atoms with E-state index in [1.54, 1.807) is 45.0 Å². The second-order valence-electron chi connectivity index (χ2n) is 6.31. The minimum absolute atomic E-state index is 0.354. The summed E-state index contributed by atoms with van der Waals surface area (Å²) in [5.74, 6) is 0. The number of carbonyl (C=O) groups is 1. The van der Waals surface area contributed by atoms with Gasteiger partial charge in [0.2, 0.25) is 0 Å². The third-order valence-electron chi connectivity index (χ3n) is 3.19. The summed E-state index contributed by atoms with van der Waals surface area (Å²) in [4.78, 5) is 15.3. The van der Waals surface area contributed by atoms with Gasteiger partial charge in [0.05, 0.1) is 0 Å². The van der Waals surface area contributed by atoms with Crippen molar-refractivity contribution in [3.63, 3.8) is 0 Å².